The van der Waals surface area contributed by atoms with E-state index in [1.807, 2.05) is 0 Å². The Morgan fingerprint density at radius 2 is 1.83 bits per heavy atom. The maximum absolute atomic E-state index is 12.7. The van der Waals surface area contributed by atoms with Gasteiger partial charge in [-0.2, -0.15) is 0 Å². The molecule has 2 N–H and O–H groups in total. The third-order valence-corrected chi connectivity index (χ3v) is 3.48. The number of rotatable bonds is 6. The van der Waals surface area contributed by atoms with Crippen molar-refractivity contribution in [2.45, 2.75) is 0 Å². The summed E-state index contributed by atoms with van der Waals surface area (Å²) in [6, 6.07) is 8.49. The van der Waals surface area contributed by atoms with Gasteiger partial charge in [0.2, 0.25) is 5.91 Å². The lowest BCUT2D eigenvalue weighted by molar-refractivity contribution is -0.126. The van der Waals surface area contributed by atoms with Gasteiger partial charge in [-0.1, -0.05) is 6.07 Å². The van der Waals surface area contributed by atoms with Crippen LogP contribution >= 0.6 is 11.3 Å². The average molecular weight is 336 g/mol. The fourth-order valence-corrected chi connectivity index (χ4v) is 2.18. The molecule has 120 valence electrons. The minimum absolute atomic E-state index is 0.285. The minimum Gasteiger partial charge on any atom is -0.451 e. The van der Waals surface area contributed by atoms with Crippen LogP contribution in [0.25, 0.3) is 0 Å². The molecule has 2 aromatic rings. The van der Waals surface area contributed by atoms with E-state index < -0.39 is 30.2 Å². The van der Waals surface area contributed by atoms with Gasteiger partial charge in [0.1, 0.15) is 10.7 Å². The lowest BCUT2D eigenvalue weighted by atomic mass is 10.3. The van der Waals surface area contributed by atoms with E-state index >= 15 is 0 Å². The molecule has 23 heavy (non-hydrogen) atoms. The number of halogens is 1. The zero-order chi connectivity index (χ0) is 16.7. The summed E-state index contributed by atoms with van der Waals surface area (Å²) in [5.41, 5.74) is 0.412. The number of anilines is 1. The van der Waals surface area contributed by atoms with Gasteiger partial charge in [-0.05, 0) is 35.7 Å². The van der Waals surface area contributed by atoms with Gasteiger partial charge in [0.15, 0.2) is 6.61 Å². The zero-order valence-electron chi connectivity index (χ0n) is 11.9. The first-order chi connectivity index (χ1) is 11.0. The summed E-state index contributed by atoms with van der Waals surface area (Å²) in [6.45, 7) is -0.757. The highest BCUT2D eigenvalue weighted by Gasteiger charge is 2.11. The third-order valence-electron chi connectivity index (χ3n) is 2.63. The van der Waals surface area contributed by atoms with Gasteiger partial charge in [0.05, 0.1) is 6.54 Å². The van der Waals surface area contributed by atoms with Crippen molar-refractivity contribution in [3.05, 3.63) is 52.5 Å². The standard InChI is InChI=1S/C15H13FN2O4S/c16-10-3-5-11(6-4-10)18-13(19)8-17-14(20)9-22-15(21)12-2-1-7-23-12/h1-7H,8-9H2,(H,17,20)(H,18,19). The van der Waals surface area contributed by atoms with Crippen LogP contribution in [0.5, 0.6) is 0 Å². The van der Waals surface area contributed by atoms with Crippen molar-refractivity contribution in [1.82, 2.24) is 5.32 Å². The largest absolute Gasteiger partial charge is 0.451 e. The van der Waals surface area contributed by atoms with Gasteiger partial charge in [-0.3, -0.25) is 9.59 Å². The van der Waals surface area contributed by atoms with Crippen molar-refractivity contribution >= 4 is 34.8 Å². The van der Waals surface area contributed by atoms with Crippen molar-refractivity contribution in [2.75, 3.05) is 18.5 Å². The number of nitrogens with one attached hydrogen (secondary N) is 2. The van der Waals surface area contributed by atoms with Crippen LogP contribution in [0, 0.1) is 5.82 Å². The van der Waals surface area contributed by atoms with Gasteiger partial charge in [0, 0.05) is 5.69 Å². The van der Waals surface area contributed by atoms with Crippen LogP contribution in [0.2, 0.25) is 0 Å². The number of carbonyl (C=O) groups excluding carboxylic acids is 3. The molecule has 0 aliphatic heterocycles. The number of hydrogen-bond donors (Lipinski definition) is 2. The van der Waals surface area contributed by atoms with Gasteiger partial charge in [-0.15, -0.1) is 11.3 Å². The van der Waals surface area contributed by atoms with Gasteiger partial charge in [0.25, 0.3) is 5.91 Å². The quantitative estimate of drug-likeness (QED) is 0.788. The molecule has 1 aromatic carbocycles. The summed E-state index contributed by atoms with van der Waals surface area (Å²) in [4.78, 5) is 35.0. The van der Waals surface area contributed by atoms with Crippen LogP contribution < -0.4 is 10.6 Å². The first-order valence-electron chi connectivity index (χ1n) is 6.57. The molecule has 2 amide bonds. The highest BCUT2D eigenvalue weighted by Crippen LogP contribution is 2.09. The first kappa shape index (κ1) is 16.6. The predicted molar refractivity (Wildman–Crippen MR) is 82.6 cm³/mol. The molecule has 0 unspecified atom stereocenters. The van der Waals surface area contributed by atoms with E-state index in [-0.39, 0.29) is 6.54 Å². The van der Waals surface area contributed by atoms with E-state index in [0.29, 0.717) is 10.6 Å². The van der Waals surface area contributed by atoms with E-state index in [9.17, 15) is 18.8 Å². The molecule has 0 atom stereocenters. The molecule has 0 aliphatic rings. The second-order valence-electron chi connectivity index (χ2n) is 4.39. The molecule has 0 fully saturated rings. The second-order valence-corrected chi connectivity index (χ2v) is 5.33. The van der Waals surface area contributed by atoms with E-state index in [2.05, 4.69) is 10.6 Å². The van der Waals surface area contributed by atoms with Crippen LogP contribution in [0.15, 0.2) is 41.8 Å². The fraction of sp³-hybridized carbons (Fsp3) is 0.133. The van der Waals surface area contributed by atoms with Crippen molar-refractivity contribution in [2.24, 2.45) is 0 Å². The lowest BCUT2D eigenvalue weighted by Crippen LogP contribution is -2.35. The van der Waals surface area contributed by atoms with Crippen LogP contribution in [0.1, 0.15) is 9.67 Å². The molecule has 8 heteroatoms. The van der Waals surface area contributed by atoms with Crippen molar-refractivity contribution in [1.29, 1.82) is 0 Å². The number of benzene rings is 1. The molecule has 0 spiro atoms. The van der Waals surface area contributed by atoms with Gasteiger partial charge >= 0.3 is 5.97 Å². The van der Waals surface area contributed by atoms with Crippen LogP contribution in [-0.2, 0) is 14.3 Å². The lowest BCUT2D eigenvalue weighted by Gasteiger charge is -2.07. The van der Waals surface area contributed by atoms with Crippen LogP contribution in [0.4, 0.5) is 10.1 Å². The Hall–Kier alpha value is -2.74. The molecule has 6 nitrogen and oxygen atoms in total. The molecule has 2 rings (SSSR count). The molecule has 1 aromatic heterocycles. The van der Waals surface area contributed by atoms with Crippen molar-refractivity contribution < 1.29 is 23.5 Å². The summed E-state index contributed by atoms with van der Waals surface area (Å²) in [5, 5.41) is 6.52. The number of hydrogen-bond acceptors (Lipinski definition) is 5. The van der Waals surface area contributed by atoms with E-state index in [1.54, 1.807) is 17.5 Å². The maximum atomic E-state index is 12.7. The van der Waals surface area contributed by atoms with E-state index in [1.165, 1.54) is 35.6 Å². The van der Waals surface area contributed by atoms with Crippen LogP contribution in [0.3, 0.4) is 0 Å². The Balaban J connectivity index is 1.68. The predicted octanol–water partition coefficient (Wildman–Crippen LogP) is 1.80. The molecular formula is C15H13FN2O4S. The Morgan fingerprint density at radius 3 is 2.48 bits per heavy atom. The van der Waals surface area contributed by atoms with E-state index in [0.717, 1.165) is 0 Å². The Morgan fingerprint density at radius 1 is 1.09 bits per heavy atom. The maximum Gasteiger partial charge on any atom is 0.348 e. The van der Waals surface area contributed by atoms with Crippen molar-refractivity contribution in [3.8, 4) is 0 Å². The topological polar surface area (TPSA) is 84.5 Å². The normalized spacial score (nSPS) is 9.96. The van der Waals surface area contributed by atoms with Gasteiger partial charge < -0.3 is 15.4 Å². The SMILES string of the molecule is O=C(COC(=O)c1cccs1)NCC(=O)Nc1ccc(F)cc1. The minimum atomic E-state index is -0.593. The molecule has 0 saturated heterocycles. The third kappa shape index (κ3) is 5.51. The summed E-state index contributed by atoms with van der Waals surface area (Å²) in [7, 11) is 0. The fourth-order valence-electron chi connectivity index (χ4n) is 1.57. The highest BCUT2D eigenvalue weighted by molar-refractivity contribution is 7.11. The molecule has 0 radical (unpaired) electrons. The summed E-state index contributed by atoms with van der Waals surface area (Å²) in [5.74, 6) is -2.08. The number of ether oxygens (including phenoxy) is 1. The molecule has 0 bridgehead atoms. The van der Waals surface area contributed by atoms with E-state index in [4.69, 9.17) is 4.74 Å². The number of thiophene rings is 1. The Bertz CT molecular complexity index is 686. The van der Waals surface area contributed by atoms with Crippen LogP contribution in [-0.4, -0.2) is 30.9 Å². The Labute approximate surface area is 135 Å². The zero-order valence-corrected chi connectivity index (χ0v) is 12.7. The smallest absolute Gasteiger partial charge is 0.348 e. The summed E-state index contributed by atoms with van der Waals surface area (Å²) in [6.07, 6.45) is 0. The molecular weight excluding hydrogens is 323 g/mol. The second kappa shape index (κ2) is 8.04. The molecule has 0 aliphatic carbocycles. The highest BCUT2D eigenvalue weighted by atomic mass is 32.1. The van der Waals surface area contributed by atoms with Gasteiger partial charge in [-0.25, -0.2) is 9.18 Å². The number of esters is 1. The monoisotopic (exact) mass is 336 g/mol. The molecule has 0 saturated carbocycles. The number of carbonyl (C=O) groups is 3. The Kier molecular flexibility index (Phi) is 5.81. The summed E-state index contributed by atoms with van der Waals surface area (Å²) >= 11 is 1.21. The van der Waals surface area contributed by atoms with Crippen molar-refractivity contribution in [3.63, 3.8) is 0 Å². The number of amides is 2. The average Bonchev–Trinajstić information content (AvgIpc) is 3.07. The first-order valence-corrected chi connectivity index (χ1v) is 7.45. The summed E-state index contributed by atoms with van der Waals surface area (Å²) < 4.78 is 17.5. The molecule has 1 heterocycles.